The van der Waals surface area contributed by atoms with E-state index in [9.17, 15) is 4.39 Å². The van der Waals surface area contributed by atoms with Crippen molar-refractivity contribution in [2.24, 2.45) is 0 Å². The quantitative estimate of drug-likeness (QED) is 0.705. The first kappa shape index (κ1) is 13.8. The van der Waals surface area contributed by atoms with Gasteiger partial charge in [0.2, 0.25) is 5.82 Å². The van der Waals surface area contributed by atoms with Gasteiger partial charge in [0.1, 0.15) is 5.82 Å². The molecule has 3 aromatic rings. The average molecular weight is 348 g/mol. The number of anilines is 1. The molecule has 0 saturated carbocycles. The standard InChI is InChI=1S/C15H11BrFN3O/c1-8-2-4-10(18)7-11(8)15-19-14(20-21-15)12-6-9(17)3-5-13(12)16/h2-7H,18H2,1H3. The maximum atomic E-state index is 13.4. The van der Waals surface area contributed by atoms with Crippen molar-refractivity contribution in [1.82, 2.24) is 10.1 Å². The number of hydrogen-bond donors (Lipinski definition) is 1. The second-order valence-electron chi connectivity index (χ2n) is 4.62. The van der Waals surface area contributed by atoms with Gasteiger partial charge in [-0.3, -0.25) is 0 Å². The molecule has 0 amide bonds. The van der Waals surface area contributed by atoms with E-state index >= 15 is 0 Å². The Morgan fingerprint density at radius 3 is 2.76 bits per heavy atom. The molecule has 0 spiro atoms. The number of nitrogens with zero attached hydrogens (tertiary/aromatic N) is 2. The molecule has 1 aromatic heterocycles. The van der Waals surface area contributed by atoms with Gasteiger partial charge in [-0.25, -0.2) is 4.39 Å². The Balaban J connectivity index is 2.08. The molecule has 0 saturated heterocycles. The number of rotatable bonds is 2. The summed E-state index contributed by atoms with van der Waals surface area (Å²) in [5.41, 5.74) is 8.66. The molecule has 0 radical (unpaired) electrons. The fourth-order valence-electron chi connectivity index (χ4n) is 1.98. The number of aromatic nitrogens is 2. The van der Waals surface area contributed by atoms with Crippen LogP contribution in [0.25, 0.3) is 22.8 Å². The van der Waals surface area contributed by atoms with Crippen molar-refractivity contribution >= 4 is 21.6 Å². The van der Waals surface area contributed by atoms with Crippen LogP contribution >= 0.6 is 15.9 Å². The molecule has 0 aliphatic heterocycles. The van der Waals surface area contributed by atoms with E-state index in [-0.39, 0.29) is 5.82 Å². The minimum atomic E-state index is -0.361. The van der Waals surface area contributed by atoms with Crippen molar-refractivity contribution in [3.63, 3.8) is 0 Å². The Bertz CT molecular complexity index is 750. The summed E-state index contributed by atoms with van der Waals surface area (Å²) in [6.07, 6.45) is 0. The van der Waals surface area contributed by atoms with Crippen LogP contribution in [-0.4, -0.2) is 10.1 Å². The summed E-state index contributed by atoms with van der Waals surface area (Å²) in [6, 6.07) is 9.77. The summed E-state index contributed by atoms with van der Waals surface area (Å²) in [4.78, 5) is 4.32. The van der Waals surface area contributed by atoms with Crippen molar-refractivity contribution < 1.29 is 8.91 Å². The number of aryl methyl sites for hydroxylation is 1. The van der Waals surface area contributed by atoms with Crippen LogP contribution in [0.5, 0.6) is 0 Å². The number of halogens is 2. The lowest BCUT2D eigenvalue weighted by molar-refractivity contribution is 0.432. The van der Waals surface area contributed by atoms with E-state index in [1.165, 1.54) is 12.1 Å². The van der Waals surface area contributed by atoms with Crippen molar-refractivity contribution in [3.05, 3.63) is 52.3 Å². The van der Waals surface area contributed by atoms with E-state index in [0.717, 1.165) is 11.1 Å². The summed E-state index contributed by atoms with van der Waals surface area (Å²) in [6.45, 7) is 1.93. The zero-order chi connectivity index (χ0) is 15.0. The van der Waals surface area contributed by atoms with E-state index < -0.39 is 0 Å². The normalized spacial score (nSPS) is 10.8. The van der Waals surface area contributed by atoms with Gasteiger partial charge in [0.05, 0.1) is 0 Å². The molecule has 0 atom stereocenters. The van der Waals surface area contributed by atoms with Crippen molar-refractivity contribution in [3.8, 4) is 22.8 Å². The average Bonchev–Trinajstić information content (AvgIpc) is 2.93. The lowest BCUT2D eigenvalue weighted by Crippen LogP contribution is -1.89. The van der Waals surface area contributed by atoms with E-state index in [0.29, 0.717) is 27.4 Å². The third kappa shape index (κ3) is 2.67. The lowest BCUT2D eigenvalue weighted by Gasteiger charge is -2.01. The summed E-state index contributed by atoms with van der Waals surface area (Å²) >= 11 is 3.35. The molecule has 21 heavy (non-hydrogen) atoms. The molecule has 3 rings (SSSR count). The van der Waals surface area contributed by atoms with Crippen molar-refractivity contribution in [1.29, 1.82) is 0 Å². The van der Waals surface area contributed by atoms with Gasteiger partial charge in [-0.2, -0.15) is 4.98 Å². The number of hydrogen-bond acceptors (Lipinski definition) is 4. The second kappa shape index (κ2) is 5.29. The maximum absolute atomic E-state index is 13.4. The molecule has 106 valence electrons. The van der Waals surface area contributed by atoms with Gasteiger partial charge < -0.3 is 10.3 Å². The topological polar surface area (TPSA) is 64.9 Å². The molecular weight excluding hydrogens is 337 g/mol. The molecule has 2 N–H and O–H groups in total. The van der Waals surface area contributed by atoms with E-state index in [2.05, 4.69) is 26.1 Å². The van der Waals surface area contributed by atoms with E-state index in [4.69, 9.17) is 10.3 Å². The molecular formula is C15H11BrFN3O. The molecule has 0 unspecified atom stereocenters. The summed E-state index contributed by atoms with van der Waals surface area (Å²) in [5.74, 6) is 0.309. The first-order valence-electron chi connectivity index (χ1n) is 6.20. The van der Waals surface area contributed by atoms with Crippen LogP contribution in [0.4, 0.5) is 10.1 Å². The molecule has 6 heteroatoms. The zero-order valence-electron chi connectivity index (χ0n) is 11.1. The SMILES string of the molecule is Cc1ccc(N)cc1-c1nc(-c2cc(F)ccc2Br)no1. The Morgan fingerprint density at radius 2 is 1.95 bits per heavy atom. The first-order valence-corrected chi connectivity index (χ1v) is 6.99. The summed E-state index contributed by atoms with van der Waals surface area (Å²) in [5, 5.41) is 3.91. The molecule has 0 aliphatic carbocycles. The second-order valence-corrected chi connectivity index (χ2v) is 5.48. The highest BCUT2D eigenvalue weighted by Crippen LogP contribution is 2.30. The predicted octanol–water partition coefficient (Wildman–Crippen LogP) is 4.20. The van der Waals surface area contributed by atoms with E-state index in [1.54, 1.807) is 18.2 Å². The largest absolute Gasteiger partial charge is 0.399 e. The van der Waals surface area contributed by atoms with Gasteiger partial charge in [-0.05, 0) is 42.8 Å². The minimum absolute atomic E-state index is 0.318. The third-order valence-electron chi connectivity index (χ3n) is 3.09. The highest BCUT2D eigenvalue weighted by Gasteiger charge is 2.15. The number of benzene rings is 2. The Labute approximate surface area is 128 Å². The smallest absolute Gasteiger partial charge is 0.258 e. The lowest BCUT2D eigenvalue weighted by atomic mass is 10.1. The van der Waals surface area contributed by atoms with Gasteiger partial charge in [0.15, 0.2) is 0 Å². The van der Waals surface area contributed by atoms with Gasteiger partial charge in [-0.1, -0.05) is 27.2 Å². The minimum Gasteiger partial charge on any atom is -0.399 e. The van der Waals surface area contributed by atoms with Crippen LogP contribution < -0.4 is 5.73 Å². The first-order chi connectivity index (χ1) is 10.0. The fraction of sp³-hybridized carbons (Fsp3) is 0.0667. The van der Waals surface area contributed by atoms with Crippen molar-refractivity contribution in [2.75, 3.05) is 5.73 Å². The van der Waals surface area contributed by atoms with Crippen LogP contribution in [0.3, 0.4) is 0 Å². The predicted molar refractivity (Wildman–Crippen MR) is 82.0 cm³/mol. The molecule has 4 nitrogen and oxygen atoms in total. The Morgan fingerprint density at radius 1 is 1.14 bits per heavy atom. The highest BCUT2D eigenvalue weighted by atomic mass is 79.9. The Kier molecular flexibility index (Phi) is 3.47. The molecule has 2 aromatic carbocycles. The third-order valence-corrected chi connectivity index (χ3v) is 3.78. The molecule has 1 heterocycles. The van der Waals surface area contributed by atoms with Gasteiger partial charge in [0.25, 0.3) is 5.89 Å². The van der Waals surface area contributed by atoms with Crippen LogP contribution in [0.15, 0.2) is 45.4 Å². The van der Waals surface area contributed by atoms with Crippen LogP contribution in [0.1, 0.15) is 5.56 Å². The van der Waals surface area contributed by atoms with Gasteiger partial charge >= 0.3 is 0 Å². The van der Waals surface area contributed by atoms with Gasteiger partial charge in [0, 0.05) is 21.3 Å². The van der Waals surface area contributed by atoms with Crippen LogP contribution in [0.2, 0.25) is 0 Å². The zero-order valence-corrected chi connectivity index (χ0v) is 12.7. The van der Waals surface area contributed by atoms with E-state index in [1.807, 2.05) is 13.0 Å². The number of nitrogen functional groups attached to an aromatic ring is 1. The molecule has 0 aliphatic rings. The molecule has 0 bridgehead atoms. The number of nitrogens with two attached hydrogens (primary N) is 1. The maximum Gasteiger partial charge on any atom is 0.258 e. The Hall–Kier alpha value is -2.21. The summed E-state index contributed by atoms with van der Waals surface area (Å²) in [7, 11) is 0. The highest BCUT2D eigenvalue weighted by molar-refractivity contribution is 9.10. The van der Waals surface area contributed by atoms with Crippen LogP contribution in [0, 0.1) is 12.7 Å². The van der Waals surface area contributed by atoms with Crippen LogP contribution in [-0.2, 0) is 0 Å². The fourth-order valence-corrected chi connectivity index (χ4v) is 2.41. The van der Waals surface area contributed by atoms with Gasteiger partial charge in [-0.15, -0.1) is 0 Å². The summed E-state index contributed by atoms with van der Waals surface area (Å²) < 4.78 is 19.3. The van der Waals surface area contributed by atoms with Crippen molar-refractivity contribution in [2.45, 2.75) is 6.92 Å². The molecule has 0 fully saturated rings. The monoisotopic (exact) mass is 347 g/mol.